The first-order valence-electron chi connectivity index (χ1n) is 5.77. The number of rotatable bonds is 1. The minimum Gasteiger partial charge on any atom is -0.323 e. The van der Waals surface area contributed by atoms with Gasteiger partial charge in [0, 0.05) is 16.7 Å². The van der Waals surface area contributed by atoms with Gasteiger partial charge in [0.15, 0.2) is 5.78 Å². The molecule has 0 fully saturated rings. The summed E-state index contributed by atoms with van der Waals surface area (Å²) in [6.07, 6.45) is 0. The summed E-state index contributed by atoms with van der Waals surface area (Å²) in [6.45, 7) is 4.07. The van der Waals surface area contributed by atoms with Gasteiger partial charge in [-0.3, -0.25) is 10.6 Å². The molecule has 0 aliphatic heterocycles. The van der Waals surface area contributed by atoms with E-state index in [1.165, 1.54) is 0 Å². The standard InChI is InChI=1S/C15H11ClN2O/c1-8-9-4-2-6-11(16)14(9)15(19)10-5-3-7-12(18-17)13(8)10/h2-7,18H,1,17H2. The van der Waals surface area contributed by atoms with E-state index >= 15 is 0 Å². The summed E-state index contributed by atoms with van der Waals surface area (Å²) < 4.78 is 0. The maximum atomic E-state index is 12.5. The van der Waals surface area contributed by atoms with E-state index in [0.29, 0.717) is 21.8 Å². The third-order valence-corrected chi connectivity index (χ3v) is 3.65. The Kier molecular flexibility index (Phi) is 2.66. The highest BCUT2D eigenvalue weighted by atomic mass is 35.5. The summed E-state index contributed by atoms with van der Waals surface area (Å²) in [7, 11) is 0. The predicted octanol–water partition coefficient (Wildman–Crippen LogP) is 3.23. The first-order chi connectivity index (χ1) is 9.15. The lowest BCUT2D eigenvalue weighted by atomic mass is 9.81. The Labute approximate surface area is 115 Å². The van der Waals surface area contributed by atoms with E-state index in [2.05, 4.69) is 12.0 Å². The maximum absolute atomic E-state index is 12.5. The lowest BCUT2D eigenvalue weighted by Gasteiger charge is -2.23. The zero-order chi connectivity index (χ0) is 13.6. The van der Waals surface area contributed by atoms with Crippen LogP contribution in [0.15, 0.2) is 43.0 Å². The minimum atomic E-state index is -0.0971. The fourth-order valence-corrected chi connectivity index (χ4v) is 2.72. The number of hydrogen-bond donors (Lipinski definition) is 2. The molecule has 0 saturated carbocycles. The van der Waals surface area contributed by atoms with E-state index in [-0.39, 0.29) is 5.78 Å². The van der Waals surface area contributed by atoms with Crippen LogP contribution in [0.3, 0.4) is 0 Å². The molecule has 3 N–H and O–H groups in total. The van der Waals surface area contributed by atoms with Crippen molar-refractivity contribution in [3.63, 3.8) is 0 Å². The second-order valence-electron chi connectivity index (χ2n) is 4.34. The van der Waals surface area contributed by atoms with Gasteiger partial charge < -0.3 is 5.43 Å². The number of carbonyl (C=O) groups excluding carboxylic acids is 1. The molecule has 0 saturated heterocycles. The van der Waals surface area contributed by atoms with Gasteiger partial charge in [-0.25, -0.2) is 0 Å². The van der Waals surface area contributed by atoms with Crippen molar-refractivity contribution < 1.29 is 4.79 Å². The van der Waals surface area contributed by atoms with Gasteiger partial charge in [-0.1, -0.05) is 42.4 Å². The van der Waals surface area contributed by atoms with Gasteiger partial charge in [0.2, 0.25) is 0 Å². The van der Waals surface area contributed by atoms with Crippen LogP contribution in [0.4, 0.5) is 5.69 Å². The van der Waals surface area contributed by atoms with E-state index < -0.39 is 0 Å². The van der Waals surface area contributed by atoms with Crippen LogP contribution in [-0.2, 0) is 0 Å². The third-order valence-electron chi connectivity index (χ3n) is 3.33. The zero-order valence-electron chi connectivity index (χ0n) is 10.0. The lowest BCUT2D eigenvalue weighted by molar-refractivity contribution is 0.103. The molecule has 94 valence electrons. The Bertz CT molecular complexity index is 722. The highest BCUT2D eigenvalue weighted by Gasteiger charge is 2.29. The molecule has 0 radical (unpaired) electrons. The molecule has 2 aromatic carbocycles. The molecule has 0 heterocycles. The van der Waals surface area contributed by atoms with Crippen molar-refractivity contribution in [3.05, 3.63) is 70.3 Å². The van der Waals surface area contributed by atoms with Crippen LogP contribution in [0, 0.1) is 0 Å². The molecule has 1 aliphatic rings. The van der Waals surface area contributed by atoms with Gasteiger partial charge in [-0.05, 0) is 23.3 Å². The van der Waals surface area contributed by atoms with Crippen LogP contribution in [0.5, 0.6) is 0 Å². The SMILES string of the molecule is C=C1c2cccc(Cl)c2C(=O)c2cccc(NN)c21. The lowest BCUT2D eigenvalue weighted by Crippen LogP contribution is -2.18. The van der Waals surface area contributed by atoms with Crippen LogP contribution < -0.4 is 11.3 Å². The fraction of sp³-hybridized carbons (Fsp3) is 0. The van der Waals surface area contributed by atoms with Crippen LogP contribution in [0.25, 0.3) is 5.57 Å². The number of nitrogens with one attached hydrogen (secondary N) is 1. The summed E-state index contributed by atoms with van der Waals surface area (Å²) in [5, 5.41) is 0.445. The number of anilines is 1. The van der Waals surface area contributed by atoms with Crippen molar-refractivity contribution in [2.45, 2.75) is 0 Å². The monoisotopic (exact) mass is 270 g/mol. The first kappa shape index (κ1) is 12.0. The Balaban J connectivity index is 2.36. The van der Waals surface area contributed by atoms with Crippen LogP contribution in [-0.4, -0.2) is 5.78 Å². The van der Waals surface area contributed by atoms with Crippen LogP contribution >= 0.6 is 11.6 Å². The highest BCUT2D eigenvalue weighted by molar-refractivity contribution is 6.36. The number of carbonyl (C=O) groups is 1. The average molecular weight is 271 g/mol. The summed E-state index contributed by atoms with van der Waals surface area (Å²) in [5.74, 6) is 5.41. The Morgan fingerprint density at radius 2 is 1.74 bits per heavy atom. The molecule has 3 rings (SSSR count). The van der Waals surface area contributed by atoms with E-state index in [0.717, 1.165) is 16.7 Å². The molecule has 0 unspecified atom stereocenters. The smallest absolute Gasteiger partial charge is 0.195 e. The number of nitrogens with two attached hydrogens (primary N) is 1. The van der Waals surface area contributed by atoms with Crippen molar-refractivity contribution >= 4 is 28.6 Å². The van der Waals surface area contributed by atoms with Crippen molar-refractivity contribution in [1.29, 1.82) is 0 Å². The molecule has 4 heteroatoms. The van der Waals surface area contributed by atoms with E-state index in [4.69, 9.17) is 17.4 Å². The van der Waals surface area contributed by atoms with Crippen molar-refractivity contribution in [2.75, 3.05) is 5.43 Å². The van der Waals surface area contributed by atoms with E-state index in [1.807, 2.05) is 18.2 Å². The molecule has 19 heavy (non-hydrogen) atoms. The van der Waals surface area contributed by atoms with Crippen LogP contribution in [0.2, 0.25) is 5.02 Å². The van der Waals surface area contributed by atoms with Gasteiger partial charge in [-0.15, -0.1) is 0 Å². The second kappa shape index (κ2) is 4.23. The quantitative estimate of drug-likeness (QED) is 0.527. The Morgan fingerprint density at radius 1 is 1.05 bits per heavy atom. The molecule has 3 nitrogen and oxygen atoms in total. The zero-order valence-corrected chi connectivity index (χ0v) is 10.8. The third kappa shape index (κ3) is 1.59. The average Bonchev–Trinajstić information content (AvgIpc) is 2.43. The molecular formula is C15H11ClN2O. The fourth-order valence-electron chi connectivity index (χ4n) is 2.46. The highest BCUT2D eigenvalue weighted by Crippen LogP contribution is 2.40. The second-order valence-corrected chi connectivity index (χ2v) is 4.75. The number of hydrazine groups is 1. The van der Waals surface area contributed by atoms with Gasteiger partial charge in [0.1, 0.15) is 0 Å². The van der Waals surface area contributed by atoms with Crippen molar-refractivity contribution in [3.8, 4) is 0 Å². The van der Waals surface area contributed by atoms with E-state index in [1.54, 1.807) is 18.2 Å². The van der Waals surface area contributed by atoms with Gasteiger partial charge >= 0.3 is 0 Å². The predicted molar refractivity (Wildman–Crippen MR) is 77.3 cm³/mol. The molecule has 0 aromatic heterocycles. The number of nitrogen functional groups attached to an aromatic ring is 1. The van der Waals surface area contributed by atoms with Crippen LogP contribution in [0.1, 0.15) is 27.0 Å². The summed E-state index contributed by atoms with van der Waals surface area (Å²) >= 11 is 6.14. The maximum Gasteiger partial charge on any atom is 0.195 e. The number of ketones is 1. The molecular weight excluding hydrogens is 260 g/mol. The van der Waals surface area contributed by atoms with Gasteiger partial charge in [-0.2, -0.15) is 0 Å². The molecule has 0 spiro atoms. The topological polar surface area (TPSA) is 55.1 Å². The number of hydrogen-bond acceptors (Lipinski definition) is 3. The summed E-state index contributed by atoms with van der Waals surface area (Å²) in [5.41, 5.74) is 6.62. The van der Waals surface area contributed by atoms with Crippen molar-refractivity contribution in [2.24, 2.45) is 5.84 Å². The molecule has 0 amide bonds. The largest absolute Gasteiger partial charge is 0.323 e. The molecule has 2 aromatic rings. The first-order valence-corrected chi connectivity index (χ1v) is 6.15. The summed E-state index contributed by atoms with van der Waals surface area (Å²) in [4.78, 5) is 12.5. The van der Waals surface area contributed by atoms with Gasteiger partial charge in [0.05, 0.1) is 10.7 Å². The normalized spacial score (nSPS) is 12.9. The molecule has 1 aliphatic carbocycles. The number of fused-ring (bicyclic) bond motifs is 2. The van der Waals surface area contributed by atoms with E-state index in [9.17, 15) is 4.79 Å². The Hall–Kier alpha value is -2.10. The number of halogens is 1. The summed E-state index contributed by atoms with van der Waals surface area (Å²) in [6, 6.07) is 10.7. The van der Waals surface area contributed by atoms with Crippen molar-refractivity contribution in [1.82, 2.24) is 0 Å². The molecule has 0 atom stereocenters. The number of benzene rings is 2. The Morgan fingerprint density at radius 3 is 2.47 bits per heavy atom. The molecule has 0 bridgehead atoms. The van der Waals surface area contributed by atoms with Gasteiger partial charge in [0.25, 0.3) is 0 Å². The minimum absolute atomic E-state index is 0.0971.